The van der Waals surface area contributed by atoms with E-state index in [1.807, 2.05) is 4.90 Å². The average molecular weight is 308 g/mol. The van der Waals surface area contributed by atoms with Crippen LogP contribution in [0.25, 0.3) is 0 Å². The van der Waals surface area contributed by atoms with Crippen molar-refractivity contribution in [2.75, 3.05) is 19.6 Å². The number of carbonyl (C=O) groups is 2. The molecule has 5 nitrogen and oxygen atoms in total. The molecule has 3 fully saturated rings. The molecule has 0 aromatic rings. The Kier molecular flexibility index (Phi) is 5.01. The van der Waals surface area contributed by atoms with Crippen LogP contribution in [0.3, 0.4) is 0 Å². The highest BCUT2D eigenvalue weighted by atomic mass is 16.3. The van der Waals surface area contributed by atoms with Gasteiger partial charge in [-0.05, 0) is 38.5 Å². The van der Waals surface area contributed by atoms with Crippen LogP contribution in [0.5, 0.6) is 0 Å². The van der Waals surface area contributed by atoms with Crippen LogP contribution in [0, 0.1) is 5.92 Å². The molecular weight excluding hydrogens is 280 g/mol. The second kappa shape index (κ2) is 6.99. The van der Waals surface area contributed by atoms with Crippen molar-refractivity contribution < 1.29 is 14.7 Å². The Morgan fingerprint density at radius 2 is 1.64 bits per heavy atom. The van der Waals surface area contributed by atoms with Crippen LogP contribution in [0.1, 0.15) is 57.8 Å². The summed E-state index contributed by atoms with van der Waals surface area (Å²) in [6.45, 7) is 1.64. The predicted octanol–water partition coefficient (Wildman–Crippen LogP) is 1.54. The number of hydrogen-bond acceptors (Lipinski definition) is 3. The molecule has 0 spiro atoms. The van der Waals surface area contributed by atoms with Crippen molar-refractivity contribution in [3.63, 3.8) is 0 Å². The lowest BCUT2D eigenvalue weighted by molar-refractivity contribution is -0.150. The van der Waals surface area contributed by atoms with Gasteiger partial charge in [0.1, 0.15) is 0 Å². The lowest BCUT2D eigenvalue weighted by atomic mass is 9.86. The van der Waals surface area contributed by atoms with Crippen LogP contribution >= 0.6 is 0 Å². The zero-order valence-electron chi connectivity index (χ0n) is 13.4. The zero-order chi connectivity index (χ0) is 15.5. The Hall–Kier alpha value is -1.10. The summed E-state index contributed by atoms with van der Waals surface area (Å²) < 4.78 is 0. The molecule has 0 bridgehead atoms. The molecule has 0 unspecified atom stereocenters. The van der Waals surface area contributed by atoms with Gasteiger partial charge in [0, 0.05) is 25.0 Å². The molecule has 2 amide bonds. The fraction of sp³-hybridized carbons (Fsp3) is 0.882. The number of nitrogens with zero attached hydrogens (tertiary/aromatic N) is 2. The molecule has 2 saturated carbocycles. The molecule has 1 aliphatic heterocycles. The number of carbonyl (C=O) groups excluding carboxylic acids is 2. The number of aliphatic hydroxyl groups is 1. The van der Waals surface area contributed by atoms with Crippen LogP contribution in [-0.2, 0) is 9.59 Å². The summed E-state index contributed by atoms with van der Waals surface area (Å²) in [5, 5.41) is 9.55. The van der Waals surface area contributed by atoms with E-state index in [-0.39, 0.29) is 30.4 Å². The summed E-state index contributed by atoms with van der Waals surface area (Å²) in [6, 6.07) is 0.406. The number of piperazine rings is 1. The maximum atomic E-state index is 12.6. The largest absolute Gasteiger partial charge is 0.393 e. The molecule has 0 aromatic carbocycles. The van der Waals surface area contributed by atoms with Crippen molar-refractivity contribution in [2.24, 2.45) is 5.92 Å². The summed E-state index contributed by atoms with van der Waals surface area (Å²) in [5.41, 5.74) is 0. The van der Waals surface area contributed by atoms with Gasteiger partial charge < -0.3 is 14.9 Å². The van der Waals surface area contributed by atoms with Crippen LogP contribution in [-0.4, -0.2) is 58.5 Å². The molecule has 1 heterocycles. The van der Waals surface area contributed by atoms with Crippen molar-refractivity contribution in [1.29, 1.82) is 0 Å². The predicted molar refractivity (Wildman–Crippen MR) is 83.1 cm³/mol. The molecule has 1 saturated heterocycles. The van der Waals surface area contributed by atoms with Crippen molar-refractivity contribution in [2.45, 2.75) is 69.9 Å². The van der Waals surface area contributed by atoms with Gasteiger partial charge in [-0.1, -0.05) is 19.3 Å². The second-order valence-electron chi connectivity index (χ2n) is 7.14. The number of hydrogen-bond donors (Lipinski definition) is 1. The van der Waals surface area contributed by atoms with E-state index < -0.39 is 0 Å². The van der Waals surface area contributed by atoms with Crippen molar-refractivity contribution in [3.05, 3.63) is 0 Å². The molecule has 0 atom stereocenters. The van der Waals surface area contributed by atoms with Crippen molar-refractivity contribution >= 4 is 11.8 Å². The van der Waals surface area contributed by atoms with Gasteiger partial charge in [-0.2, -0.15) is 0 Å². The summed E-state index contributed by atoms with van der Waals surface area (Å²) in [5.74, 6) is 0.267. The lowest BCUT2D eigenvalue weighted by Gasteiger charge is -2.41. The van der Waals surface area contributed by atoms with Gasteiger partial charge in [0.25, 0.3) is 0 Å². The quantitative estimate of drug-likeness (QED) is 0.842. The molecule has 3 aliphatic rings. The monoisotopic (exact) mass is 308 g/mol. The molecule has 2 aliphatic carbocycles. The highest BCUT2D eigenvalue weighted by molar-refractivity contribution is 5.87. The van der Waals surface area contributed by atoms with Gasteiger partial charge in [-0.3, -0.25) is 9.59 Å². The Bertz CT molecular complexity index is 412. The summed E-state index contributed by atoms with van der Waals surface area (Å²) in [4.78, 5) is 28.8. The Morgan fingerprint density at radius 3 is 2.27 bits per heavy atom. The highest BCUT2D eigenvalue weighted by Gasteiger charge is 2.35. The first-order chi connectivity index (χ1) is 10.6. The average Bonchev–Trinajstić information content (AvgIpc) is 2.55. The van der Waals surface area contributed by atoms with E-state index in [0.29, 0.717) is 32.0 Å². The molecule has 22 heavy (non-hydrogen) atoms. The van der Waals surface area contributed by atoms with E-state index in [0.717, 1.165) is 25.7 Å². The van der Waals surface area contributed by atoms with Crippen LogP contribution in [0.4, 0.5) is 0 Å². The summed E-state index contributed by atoms with van der Waals surface area (Å²) in [7, 11) is 0. The van der Waals surface area contributed by atoms with E-state index in [1.54, 1.807) is 4.90 Å². The van der Waals surface area contributed by atoms with Gasteiger partial charge in [-0.25, -0.2) is 0 Å². The third-order valence-corrected chi connectivity index (χ3v) is 5.63. The van der Waals surface area contributed by atoms with Crippen molar-refractivity contribution in [3.8, 4) is 0 Å². The fourth-order valence-corrected chi connectivity index (χ4v) is 4.23. The van der Waals surface area contributed by atoms with Gasteiger partial charge in [-0.15, -0.1) is 0 Å². The van der Waals surface area contributed by atoms with Gasteiger partial charge >= 0.3 is 0 Å². The van der Waals surface area contributed by atoms with Gasteiger partial charge in [0.2, 0.25) is 11.8 Å². The number of amides is 2. The summed E-state index contributed by atoms with van der Waals surface area (Å²) in [6.07, 6.45) is 8.70. The molecule has 0 aromatic heterocycles. The molecule has 1 N–H and O–H groups in total. The normalized spacial score (nSPS) is 31.4. The highest BCUT2D eigenvalue weighted by Crippen LogP contribution is 2.28. The number of rotatable bonds is 2. The van der Waals surface area contributed by atoms with Crippen LogP contribution in [0.15, 0.2) is 0 Å². The molecule has 3 rings (SSSR count). The zero-order valence-corrected chi connectivity index (χ0v) is 13.4. The maximum absolute atomic E-state index is 12.6. The molecule has 124 valence electrons. The first-order valence-electron chi connectivity index (χ1n) is 8.91. The van der Waals surface area contributed by atoms with Gasteiger partial charge in [0.15, 0.2) is 0 Å². The van der Waals surface area contributed by atoms with Crippen LogP contribution in [0.2, 0.25) is 0 Å². The maximum Gasteiger partial charge on any atom is 0.242 e. The molecule has 5 heteroatoms. The number of aliphatic hydroxyl groups excluding tert-OH is 1. The Morgan fingerprint density at radius 1 is 0.955 bits per heavy atom. The lowest BCUT2D eigenvalue weighted by Crippen LogP contribution is -2.56. The first kappa shape index (κ1) is 15.8. The summed E-state index contributed by atoms with van der Waals surface area (Å²) >= 11 is 0. The smallest absolute Gasteiger partial charge is 0.242 e. The minimum absolute atomic E-state index is 0.0115. The molecular formula is C17H28N2O3. The van der Waals surface area contributed by atoms with E-state index >= 15 is 0 Å². The van der Waals surface area contributed by atoms with Crippen LogP contribution < -0.4 is 0 Å². The standard InChI is InChI=1S/C17H28N2O3/c20-15-8-6-13(7-9-15)17(22)18-10-11-19(16(21)12-18)14-4-2-1-3-5-14/h13-15,20H,1-12H2. The Balaban J connectivity index is 1.53. The Labute approximate surface area is 132 Å². The minimum Gasteiger partial charge on any atom is -0.393 e. The van der Waals surface area contributed by atoms with E-state index in [1.165, 1.54) is 19.3 Å². The van der Waals surface area contributed by atoms with E-state index in [4.69, 9.17) is 0 Å². The SMILES string of the molecule is O=C(C1CCC(O)CC1)N1CCN(C2CCCCC2)C(=O)C1. The minimum atomic E-state index is -0.242. The first-order valence-corrected chi connectivity index (χ1v) is 8.91. The van der Waals surface area contributed by atoms with Crippen molar-refractivity contribution in [1.82, 2.24) is 9.80 Å². The molecule has 0 radical (unpaired) electrons. The van der Waals surface area contributed by atoms with E-state index in [2.05, 4.69) is 0 Å². The van der Waals surface area contributed by atoms with E-state index in [9.17, 15) is 14.7 Å². The third-order valence-electron chi connectivity index (χ3n) is 5.63. The third kappa shape index (κ3) is 3.45. The second-order valence-corrected chi connectivity index (χ2v) is 7.14. The topological polar surface area (TPSA) is 60.9 Å². The van der Waals surface area contributed by atoms with Gasteiger partial charge in [0.05, 0.1) is 12.6 Å². The fourth-order valence-electron chi connectivity index (χ4n) is 4.23.